The van der Waals surface area contributed by atoms with E-state index in [-0.39, 0.29) is 12.0 Å². The molecule has 0 spiro atoms. The first kappa shape index (κ1) is 12.4. The van der Waals surface area contributed by atoms with Crippen LogP contribution in [0.25, 0.3) is 0 Å². The number of anilines is 1. The molecule has 1 saturated carbocycles. The van der Waals surface area contributed by atoms with Gasteiger partial charge in [-0.15, -0.1) is 0 Å². The largest absolute Gasteiger partial charge is 0.467 e. The minimum absolute atomic E-state index is 0.172. The standard InChI is InChI=1S/C13H16BrNO2/c1-17-13(16)12(9-4-2-5-9)15-11-7-3-6-10(14)8-11/h3,6-9,12,15H,2,4-5H2,1H3. The van der Waals surface area contributed by atoms with Crippen LogP contribution in [0.1, 0.15) is 19.3 Å². The summed E-state index contributed by atoms with van der Waals surface area (Å²) in [6.45, 7) is 0. The van der Waals surface area contributed by atoms with Crippen molar-refractivity contribution in [1.29, 1.82) is 0 Å². The number of hydrogen-bond acceptors (Lipinski definition) is 3. The van der Waals surface area contributed by atoms with Crippen molar-refractivity contribution in [3.8, 4) is 0 Å². The molecule has 92 valence electrons. The molecule has 17 heavy (non-hydrogen) atoms. The summed E-state index contributed by atoms with van der Waals surface area (Å²) in [5.74, 6) is 0.233. The molecular weight excluding hydrogens is 282 g/mol. The molecule has 1 unspecified atom stereocenters. The van der Waals surface area contributed by atoms with Crippen molar-refractivity contribution < 1.29 is 9.53 Å². The lowest BCUT2D eigenvalue weighted by atomic mass is 9.79. The summed E-state index contributed by atoms with van der Waals surface area (Å²) in [6, 6.07) is 7.61. The second-order valence-corrected chi connectivity index (χ2v) is 5.26. The van der Waals surface area contributed by atoms with Gasteiger partial charge in [-0.25, -0.2) is 4.79 Å². The van der Waals surface area contributed by atoms with E-state index < -0.39 is 0 Å². The molecular formula is C13H16BrNO2. The van der Waals surface area contributed by atoms with Crippen LogP contribution in [0, 0.1) is 5.92 Å². The first-order valence-electron chi connectivity index (χ1n) is 5.80. The number of rotatable bonds is 4. The van der Waals surface area contributed by atoms with Gasteiger partial charge in [0.25, 0.3) is 0 Å². The Morgan fingerprint density at radius 2 is 2.29 bits per heavy atom. The Morgan fingerprint density at radius 1 is 1.53 bits per heavy atom. The van der Waals surface area contributed by atoms with Crippen LogP contribution < -0.4 is 5.32 Å². The van der Waals surface area contributed by atoms with Gasteiger partial charge in [-0.1, -0.05) is 28.4 Å². The van der Waals surface area contributed by atoms with Gasteiger partial charge >= 0.3 is 5.97 Å². The van der Waals surface area contributed by atoms with Crippen molar-refractivity contribution in [2.75, 3.05) is 12.4 Å². The number of methoxy groups -OCH3 is 1. The highest BCUT2D eigenvalue weighted by Crippen LogP contribution is 2.32. The van der Waals surface area contributed by atoms with Crippen LogP contribution in [0.4, 0.5) is 5.69 Å². The zero-order valence-electron chi connectivity index (χ0n) is 9.78. The molecule has 1 fully saturated rings. The van der Waals surface area contributed by atoms with Gasteiger partial charge < -0.3 is 10.1 Å². The van der Waals surface area contributed by atoms with Crippen LogP contribution >= 0.6 is 15.9 Å². The van der Waals surface area contributed by atoms with Crippen molar-refractivity contribution >= 4 is 27.6 Å². The quantitative estimate of drug-likeness (QED) is 0.868. The Labute approximate surface area is 110 Å². The molecule has 1 aromatic carbocycles. The Morgan fingerprint density at radius 3 is 2.82 bits per heavy atom. The van der Waals surface area contributed by atoms with Gasteiger partial charge in [-0.2, -0.15) is 0 Å². The van der Waals surface area contributed by atoms with E-state index in [1.807, 2.05) is 24.3 Å². The first-order chi connectivity index (χ1) is 8.20. The first-order valence-corrected chi connectivity index (χ1v) is 6.60. The van der Waals surface area contributed by atoms with Crippen molar-refractivity contribution in [3.63, 3.8) is 0 Å². The fourth-order valence-electron chi connectivity index (χ4n) is 2.03. The lowest BCUT2D eigenvalue weighted by Gasteiger charge is -2.32. The summed E-state index contributed by atoms with van der Waals surface area (Å²) < 4.78 is 5.86. The highest BCUT2D eigenvalue weighted by atomic mass is 79.9. The average molecular weight is 298 g/mol. The molecule has 1 aromatic rings. The number of ether oxygens (including phenoxy) is 1. The van der Waals surface area contributed by atoms with Crippen LogP contribution in [0.5, 0.6) is 0 Å². The van der Waals surface area contributed by atoms with Gasteiger partial charge in [-0.3, -0.25) is 0 Å². The van der Waals surface area contributed by atoms with Crippen LogP contribution in [0.2, 0.25) is 0 Å². The smallest absolute Gasteiger partial charge is 0.328 e. The molecule has 2 rings (SSSR count). The second-order valence-electron chi connectivity index (χ2n) is 4.35. The Kier molecular flexibility index (Phi) is 4.05. The van der Waals surface area contributed by atoms with E-state index in [4.69, 9.17) is 4.74 Å². The lowest BCUT2D eigenvalue weighted by Crippen LogP contribution is -2.41. The third kappa shape index (κ3) is 3.00. The number of carbonyl (C=O) groups excluding carboxylic acids is 1. The van der Waals surface area contributed by atoms with Crippen LogP contribution in [-0.4, -0.2) is 19.1 Å². The molecule has 3 nitrogen and oxygen atoms in total. The fourth-order valence-corrected chi connectivity index (χ4v) is 2.43. The maximum Gasteiger partial charge on any atom is 0.328 e. The van der Waals surface area contributed by atoms with E-state index in [9.17, 15) is 4.79 Å². The Hall–Kier alpha value is -1.03. The maximum absolute atomic E-state index is 11.7. The van der Waals surface area contributed by atoms with Crippen molar-refractivity contribution in [2.45, 2.75) is 25.3 Å². The lowest BCUT2D eigenvalue weighted by molar-refractivity contribution is -0.143. The molecule has 0 aliphatic heterocycles. The topological polar surface area (TPSA) is 38.3 Å². The van der Waals surface area contributed by atoms with E-state index in [0.717, 1.165) is 23.0 Å². The number of benzene rings is 1. The molecule has 1 aliphatic carbocycles. The molecule has 1 aliphatic rings. The van der Waals surface area contributed by atoms with E-state index in [2.05, 4.69) is 21.2 Å². The molecule has 0 aromatic heterocycles. The summed E-state index contributed by atoms with van der Waals surface area (Å²) in [4.78, 5) is 11.7. The third-order valence-corrected chi connectivity index (χ3v) is 3.72. The van der Waals surface area contributed by atoms with Gasteiger partial charge in [-0.05, 0) is 37.0 Å². The molecule has 4 heteroatoms. The minimum Gasteiger partial charge on any atom is -0.467 e. The molecule has 0 radical (unpaired) electrons. The third-order valence-electron chi connectivity index (χ3n) is 3.22. The number of halogens is 1. The van der Waals surface area contributed by atoms with Crippen molar-refractivity contribution in [1.82, 2.24) is 0 Å². The van der Waals surface area contributed by atoms with Gasteiger partial charge in [0.2, 0.25) is 0 Å². The van der Waals surface area contributed by atoms with Crippen molar-refractivity contribution in [3.05, 3.63) is 28.7 Å². The number of nitrogens with one attached hydrogen (secondary N) is 1. The second kappa shape index (κ2) is 5.54. The molecule has 0 amide bonds. The van der Waals surface area contributed by atoms with Gasteiger partial charge in [0.05, 0.1) is 7.11 Å². The van der Waals surface area contributed by atoms with E-state index in [1.54, 1.807) is 0 Å². The number of esters is 1. The highest BCUT2D eigenvalue weighted by molar-refractivity contribution is 9.10. The number of hydrogen-bond donors (Lipinski definition) is 1. The average Bonchev–Trinajstić information content (AvgIpc) is 2.25. The normalized spacial score (nSPS) is 17.1. The molecule has 1 N–H and O–H groups in total. The summed E-state index contributed by atoms with van der Waals surface area (Å²) >= 11 is 3.42. The van der Waals surface area contributed by atoms with Gasteiger partial charge in [0, 0.05) is 10.2 Å². The SMILES string of the molecule is COC(=O)C(Nc1cccc(Br)c1)C1CCC1. The molecule has 0 bridgehead atoms. The van der Waals surface area contributed by atoms with E-state index in [0.29, 0.717) is 5.92 Å². The van der Waals surface area contributed by atoms with Crippen LogP contribution in [0.3, 0.4) is 0 Å². The number of carbonyl (C=O) groups is 1. The Bertz CT molecular complexity index is 404. The monoisotopic (exact) mass is 297 g/mol. The summed E-state index contributed by atoms with van der Waals surface area (Å²) in [7, 11) is 1.44. The van der Waals surface area contributed by atoms with Crippen molar-refractivity contribution in [2.24, 2.45) is 5.92 Å². The molecule has 1 atom stereocenters. The highest BCUT2D eigenvalue weighted by Gasteiger charge is 2.33. The van der Waals surface area contributed by atoms with Crippen LogP contribution in [0.15, 0.2) is 28.7 Å². The zero-order valence-corrected chi connectivity index (χ0v) is 11.4. The molecule has 0 saturated heterocycles. The van der Waals surface area contributed by atoms with Gasteiger partial charge in [0.15, 0.2) is 0 Å². The summed E-state index contributed by atoms with van der Waals surface area (Å²) in [6.07, 6.45) is 3.40. The zero-order chi connectivity index (χ0) is 12.3. The fraction of sp³-hybridized carbons (Fsp3) is 0.462. The Balaban J connectivity index is 2.08. The predicted octanol–water partition coefficient (Wildman–Crippen LogP) is 3.20. The van der Waals surface area contributed by atoms with E-state index in [1.165, 1.54) is 13.5 Å². The summed E-state index contributed by atoms with van der Waals surface area (Å²) in [5, 5.41) is 3.27. The minimum atomic E-state index is -0.219. The van der Waals surface area contributed by atoms with Gasteiger partial charge in [0.1, 0.15) is 6.04 Å². The maximum atomic E-state index is 11.7. The van der Waals surface area contributed by atoms with Crippen LogP contribution in [-0.2, 0) is 9.53 Å². The summed E-state index contributed by atoms with van der Waals surface area (Å²) in [5.41, 5.74) is 0.946. The molecule has 0 heterocycles. The predicted molar refractivity (Wildman–Crippen MR) is 70.9 cm³/mol. The van der Waals surface area contributed by atoms with E-state index >= 15 is 0 Å².